The van der Waals surface area contributed by atoms with Crippen LogP contribution in [0.4, 0.5) is 4.39 Å². The number of nitrogens with zero attached hydrogens (tertiary/aromatic N) is 1. The number of carbonyl (C=O) groups is 1. The van der Waals surface area contributed by atoms with E-state index in [1.54, 1.807) is 19.1 Å². The number of hydrogen-bond acceptors (Lipinski definition) is 2. The fraction of sp³-hybridized carbons (Fsp3) is 0.556. The summed E-state index contributed by atoms with van der Waals surface area (Å²) in [7, 11) is 0. The minimum Gasteiger partial charge on any atom is -0.267 e. The molecule has 4 heteroatoms. The Kier molecular flexibility index (Phi) is 3.38. The molecule has 0 heterocycles. The molecule has 3 nitrogen and oxygen atoms in total. The lowest BCUT2D eigenvalue weighted by atomic mass is 9.70. The Hall–Kier alpha value is -1.71. The number of nitrogens with one attached hydrogen (secondary N) is 1. The minimum atomic E-state index is -0.367. The van der Waals surface area contributed by atoms with Crippen molar-refractivity contribution in [1.82, 2.24) is 5.43 Å². The highest BCUT2D eigenvalue weighted by Gasteiger charge is 2.59. The Balaban J connectivity index is 1.78. The van der Waals surface area contributed by atoms with Crippen molar-refractivity contribution in [3.63, 3.8) is 0 Å². The molecule has 118 valence electrons. The first-order valence-corrected chi connectivity index (χ1v) is 7.89. The van der Waals surface area contributed by atoms with E-state index in [-0.39, 0.29) is 22.6 Å². The first-order chi connectivity index (χ1) is 10.3. The number of benzene rings is 1. The van der Waals surface area contributed by atoms with E-state index in [0.29, 0.717) is 17.0 Å². The number of halogens is 1. The fourth-order valence-electron chi connectivity index (χ4n) is 4.01. The summed E-state index contributed by atoms with van der Waals surface area (Å²) in [5.41, 5.74) is 4.82. The summed E-state index contributed by atoms with van der Waals surface area (Å²) in [6, 6.07) is 4.50. The van der Waals surface area contributed by atoms with E-state index in [2.05, 4.69) is 31.3 Å². The van der Waals surface area contributed by atoms with Gasteiger partial charge in [0, 0.05) is 16.7 Å². The van der Waals surface area contributed by atoms with Crippen LogP contribution in [0.25, 0.3) is 0 Å². The van der Waals surface area contributed by atoms with Crippen LogP contribution in [0.15, 0.2) is 23.3 Å². The van der Waals surface area contributed by atoms with Crippen LogP contribution in [0.1, 0.15) is 56.0 Å². The lowest BCUT2D eigenvalue weighted by Gasteiger charge is -2.34. The van der Waals surface area contributed by atoms with Crippen LogP contribution in [0, 0.1) is 29.5 Å². The monoisotopic (exact) mass is 302 g/mol. The molecule has 2 saturated carbocycles. The molecule has 3 rings (SSSR count). The van der Waals surface area contributed by atoms with E-state index < -0.39 is 0 Å². The number of fused-ring (bicyclic) bond motifs is 2. The van der Waals surface area contributed by atoms with Crippen LogP contribution in [0.3, 0.4) is 0 Å². The van der Waals surface area contributed by atoms with Crippen molar-refractivity contribution >= 4 is 11.6 Å². The van der Waals surface area contributed by atoms with Gasteiger partial charge in [-0.3, -0.25) is 4.79 Å². The predicted molar refractivity (Wildman–Crippen MR) is 85.3 cm³/mol. The summed E-state index contributed by atoms with van der Waals surface area (Å²) in [6.07, 6.45) is 3.31. The third kappa shape index (κ3) is 2.08. The normalized spacial score (nSPS) is 30.8. The van der Waals surface area contributed by atoms with Gasteiger partial charge < -0.3 is 0 Å². The van der Waals surface area contributed by atoms with Gasteiger partial charge in [0.2, 0.25) is 0 Å². The van der Waals surface area contributed by atoms with Gasteiger partial charge in [-0.2, -0.15) is 5.10 Å². The first kappa shape index (κ1) is 15.2. The zero-order valence-electron chi connectivity index (χ0n) is 13.7. The summed E-state index contributed by atoms with van der Waals surface area (Å²) in [6.45, 7) is 8.51. The van der Waals surface area contributed by atoms with Crippen LogP contribution >= 0.6 is 0 Å². The first-order valence-electron chi connectivity index (χ1n) is 7.89. The Morgan fingerprint density at radius 3 is 2.64 bits per heavy atom. The molecular weight excluding hydrogens is 279 g/mol. The zero-order valence-corrected chi connectivity index (χ0v) is 13.7. The molecule has 2 fully saturated rings. The highest BCUT2D eigenvalue weighted by Crippen LogP contribution is 2.63. The molecule has 0 aromatic heterocycles. The molecule has 0 aliphatic heterocycles. The van der Waals surface area contributed by atoms with Crippen LogP contribution in [-0.2, 0) is 0 Å². The molecule has 2 aliphatic carbocycles. The maximum Gasteiger partial charge on any atom is 0.271 e. The third-order valence-electron chi connectivity index (χ3n) is 6.24. The Morgan fingerprint density at radius 2 is 2.09 bits per heavy atom. The summed E-state index contributed by atoms with van der Waals surface area (Å²) in [4.78, 5) is 12.2. The Labute approximate surface area is 131 Å². The predicted octanol–water partition coefficient (Wildman–Crippen LogP) is 4.07. The van der Waals surface area contributed by atoms with E-state index in [4.69, 9.17) is 0 Å². The molecule has 2 aliphatic rings. The molecule has 1 aromatic carbocycles. The summed E-state index contributed by atoms with van der Waals surface area (Å²) < 4.78 is 13.6. The van der Waals surface area contributed by atoms with Gasteiger partial charge in [-0.25, -0.2) is 9.82 Å². The number of hydrazone groups is 1. The molecule has 0 spiro atoms. The quantitative estimate of drug-likeness (QED) is 0.822. The fourth-order valence-corrected chi connectivity index (χ4v) is 4.01. The number of hydrogen-bond donors (Lipinski definition) is 1. The maximum atomic E-state index is 13.6. The second-order valence-electron chi connectivity index (χ2n) is 7.46. The van der Waals surface area contributed by atoms with Gasteiger partial charge in [0.25, 0.3) is 5.91 Å². The highest BCUT2D eigenvalue weighted by molar-refractivity contribution is 5.98. The largest absolute Gasteiger partial charge is 0.271 e. The Morgan fingerprint density at radius 1 is 1.36 bits per heavy atom. The van der Waals surface area contributed by atoms with Crippen molar-refractivity contribution in [2.75, 3.05) is 0 Å². The van der Waals surface area contributed by atoms with Gasteiger partial charge in [0.1, 0.15) is 5.82 Å². The summed E-state index contributed by atoms with van der Waals surface area (Å²) in [5.74, 6) is -0.0751. The molecule has 2 bridgehead atoms. The van der Waals surface area contributed by atoms with Gasteiger partial charge in [-0.1, -0.05) is 26.8 Å². The molecular formula is C18H23FN2O. The molecule has 1 aromatic rings. The van der Waals surface area contributed by atoms with Crippen LogP contribution < -0.4 is 5.43 Å². The van der Waals surface area contributed by atoms with Crippen molar-refractivity contribution in [2.24, 2.45) is 21.8 Å². The van der Waals surface area contributed by atoms with Crippen molar-refractivity contribution < 1.29 is 9.18 Å². The minimum absolute atomic E-state index is 0.0590. The van der Waals surface area contributed by atoms with Crippen LogP contribution in [-0.4, -0.2) is 11.6 Å². The molecule has 1 N–H and O–H groups in total. The van der Waals surface area contributed by atoms with Crippen molar-refractivity contribution in [3.8, 4) is 0 Å². The van der Waals surface area contributed by atoms with Gasteiger partial charge in [0.15, 0.2) is 0 Å². The van der Waals surface area contributed by atoms with Gasteiger partial charge >= 0.3 is 0 Å². The summed E-state index contributed by atoms with van der Waals surface area (Å²) in [5, 5.41) is 4.40. The van der Waals surface area contributed by atoms with E-state index in [1.807, 2.05) is 0 Å². The highest BCUT2D eigenvalue weighted by atomic mass is 19.1. The Bertz CT molecular complexity index is 665. The zero-order chi connectivity index (χ0) is 16.1. The second kappa shape index (κ2) is 4.90. The van der Waals surface area contributed by atoms with E-state index >= 15 is 0 Å². The lowest BCUT2D eigenvalue weighted by molar-refractivity contribution is 0.0953. The van der Waals surface area contributed by atoms with Crippen molar-refractivity contribution in [3.05, 3.63) is 35.1 Å². The molecule has 22 heavy (non-hydrogen) atoms. The van der Waals surface area contributed by atoms with E-state index in [9.17, 15) is 9.18 Å². The lowest BCUT2D eigenvalue weighted by Crippen LogP contribution is -2.34. The van der Waals surface area contributed by atoms with Crippen LogP contribution in [0.5, 0.6) is 0 Å². The molecule has 1 amide bonds. The smallest absolute Gasteiger partial charge is 0.267 e. The average molecular weight is 302 g/mol. The van der Waals surface area contributed by atoms with E-state index in [0.717, 1.165) is 18.6 Å². The van der Waals surface area contributed by atoms with Crippen LogP contribution in [0.2, 0.25) is 0 Å². The average Bonchev–Trinajstić information content (AvgIpc) is 2.80. The molecule has 2 atom stereocenters. The SMILES string of the molecule is Cc1ccc(C(=O)N/N=C2/C[C@H]3CC[C@]2(C)C3(C)C)cc1F. The number of rotatable bonds is 2. The number of amides is 1. The van der Waals surface area contributed by atoms with E-state index in [1.165, 1.54) is 12.5 Å². The van der Waals surface area contributed by atoms with Crippen molar-refractivity contribution in [1.29, 1.82) is 0 Å². The van der Waals surface area contributed by atoms with Crippen molar-refractivity contribution in [2.45, 2.75) is 47.0 Å². The van der Waals surface area contributed by atoms with Gasteiger partial charge in [-0.15, -0.1) is 0 Å². The molecule has 0 unspecified atom stereocenters. The molecule has 0 radical (unpaired) electrons. The molecule has 0 saturated heterocycles. The summed E-state index contributed by atoms with van der Waals surface area (Å²) >= 11 is 0. The van der Waals surface area contributed by atoms with Gasteiger partial charge in [0.05, 0.1) is 0 Å². The topological polar surface area (TPSA) is 41.5 Å². The second-order valence-corrected chi connectivity index (χ2v) is 7.46. The standard InChI is InChI=1S/C18H23FN2O/c1-11-5-6-12(9-14(11)19)16(22)21-20-15-10-13-7-8-18(15,4)17(13,2)3/h5-6,9,13H,7-8,10H2,1-4H3,(H,21,22)/b20-15-/t13-,18+/m1/s1. The number of aryl methyl sites for hydroxylation is 1. The third-order valence-corrected chi connectivity index (χ3v) is 6.24. The van der Waals surface area contributed by atoms with Gasteiger partial charge in [-0.05, 0) is 55.2 Å². The number of carbonyl (C=O) groups excluding carboxylic acids is 1. The maximum absolute atomic E-state index is 13.6.